The molecule has 0 aliphatic carbocycles. The highest BCUT2D eigenvalue weighted by Crippen LogP contribution is 2.29. The zero-order valence-electron chi connectivity index (χ0n) is 21.0. The van der Waals surface area contributed by atoms with E-state index in [4.69, 9.17) is 4.74 Å². The molecule has 1 unspecified atom stereocenters. The van der Waals surface area contributed by atoms with Gasteiger partial charge in [-0.2, -0.15) is 4.31 Å². The van der Waals surface area contributed by atoms with Gasteiger partial charge in [0.25, 0.3) is 5.91 Å². The van der Waals surface area contributed by atoms with Gasteiger partial charge in [-0.25, -0.2) is 8.42 Å². The Morgan fingerprint density at radius 2 is 1.46 bits per heavy atom. The van der Waals surface area contributed by atoms with Crippen LogP contribution < -0.4 is 5.32 Å². The van der Waals surface area contributed by atoms with Gasteiger partial charge in [-0.15, -0.1) is 0 Å². The van der Waals surface area contributed by atoms with Gasteiger partial charge in [0.05, 0.1) is 17.0 Å². The number of carbonyl (C=O) groups excluding carboxylic acids is 2. The van der Waals surface area contributed by atoms with E-state index in [0.717, 1.165) is 26.2 Å². The first-order valence-corrected chi connectivity index (χ1v) is 14.0. The number of β-amino-alcohol motifs (C(OH)–C–C–N with tert-alkyl or cyclic N) is 1. The first-order chi connectivity index (χ1) is 18.8. The number of rotatable bonds is 8. The largest absolute Gasteiger partial charge is 0.454 e. The van der Waals surface area contributed by atoms with Crippen molar-refractivity contribution in [3.8, 4) is 0 Å². The second-order valence-corrected chi connectivity index (χ2v) is 11.3. The minimum absolute atomic E-state index is 0.0133. The monoisotopic (exact) mass is 544 g/mol. The number of nitrogens with one attached hydrogen (secondary N) is 1. The van der Waals surface area contributed by atoms with Gasteiger partial charge >= 0.3 is 5.97 Å². The Morgan fingerprint density at radius 3 is 2.10 bits per heavy atom. The molecule has 1 aliphatic heterocycles. The number of aliphatic hydroxyl groups excluding tert-OH is 1. The molecule has 1 amide bonds. The number of ether oxygens (including phenoxy) is 1. The van der Waals surface area contributed by atoms with Gasteiger partial charge in [0.2, 0.25) is 10.0 Å². The average Bonchev–Trinajstić information content (AvgIpc) is 3.38. The summed E-state index contributed by atoms with van der Waals surface area (Å²) in [7, 11) is -4.11. The number of benzene rings is 4. The molecular weight excluding hydrogens is 516 g/mol. The summed E-state index contributed by atoms with van der Waals surface area (Å²) >= 11 is 0. The maximum atomic E-state index is 13.5. The van der Waals surface area contributed by atoms with Gasteiger partial charge in [0.1, 0.15) is 6.04 Å². The Morgan fingerprint density at radius 1 is 0.872 bits per heavy atom. The van der Waals surface area contributed by atoms with Crippen molar-refractivity contribution in [2.75, 3.05) is 13.2 Å². The fourth-order valence-electron chi connectivity index (χ4n) is 4.81. The van der Waals surface area contributed by atoms with Gasteiger partial charge in [-0.1, -0.05) is 91.0 Å². The molecule has 39 heavy (non-hydrogen) atoms. The zero-order valence-corrected chi connectivity index (χ0v) is 21.8. The number of nitrogens with zero attached hydrogens (tertiary/aromatic N) is 1. The highest BCUT2D eigenvalue weighted by molar-refractivity contribution is 7.89. The molecule has 9 heteroatoms. The molecule has 0 aromatic heterocycles. The lowest BCUT2D eigenvalue weighted by Gasteiger charge is -2.23. The van der Waals surface area contributed by atoms with Crippen molar-refractivity contribution in [3.05, 3.63) is 114 Å². The molecule has 0 bridgehead atoms. The van der Waals surface area contributed by atoms with Gasteiger partial charge in [0, 0.05) is 13.0 Å². The minimum atomic E-state index is -4.11. The predicted molar refractivity (Wildman–Crippen MR) is 146 cm³/mol. The third-order valence-corrected chi connectivity index (χ3v) is 8.62. The minimum Gasteiger partial charge on any atom is -0.454 e. The maximum absolute atomic E-state index is 13.5. The number of amides is 1. The van der Waals surface area contributed by atoms with Crippen LogP contribution in [0.3, 0.4) is 0 Å². The molecule has 8 nitrogen and oxygen atoms in total. The van der Waals surface area contributed by atoms with Gasteiger partial charge in [-0.3, -0.25) is 9.59 Å². The van der Waals surface area contributed by atoms with Gasteiger partial charge in [-0.05, 0) is 34.0 Å². The maximum Gasteiger partial charge on any atom is 0.325 e. The summed E-state index contributed by atoms with van der Waals surface area (Å²) in [6.07, 6.45) is -1.16. The fourth-order valence-corrected chi connectivity index (χ4v) is 6.48. The lowest BCUT2D eigenvalue weighted by Crippen LogP contribution is -2.42. The molecule has 2 atom stereocenters. The topological polar surface area (TPSA) is 113 Å². The van der Waals surface area contributed by atoms with Crippen LogP contribution in [-0.2, 0) is 24.3 Å². The Bertz CT molecular complexity index is 1540. The molecule has 0 radical (unpaired) electrons. The smallest absolute Gasteiger partial charge is 0.325 e. The summed E-state index contributed by atoms with van der Waals surface area (Å²) in [6.45, 7) is -0.837. The highest BCUT2D eigenvalue weighted by Gasteiger charge is 2.44. The van der Waals surface area contributed by atoms with E-state index in [2.05, 4.69) is 5.32 Å². The van der Waals surface area contributed by atoms with Gasteiger partial charge < -0.3 is 15.2 Å². The van der Waals surface area contributed by atoms with Crippen molar-refractivity contribution in [1.29, 1.82) is 0 Å². The lowest BCUT2D eigenvalue weighted by molar-refractivity contribution is -0.151. The Kier molecular flexibility index (Phi) is 7.74. The van der Waals surface area contributed by atoms with Crippen LogP contribution in [0.5, 0.6) is 0 Å². The van der Waals surface area contributed by atoms with Crippen LogP contribution in [0.15, 0.2) is 108 Å². The van der Waals surface area contributed by atoms with Crippen LogP contribution in [0.4, 0.5) is 0 Å². The summed E-state index contributed by atoms with van der Waals surface area (Å²) in [5.74, 6) is -1.43. The quantitative estimate of drug-likeness (QED) is 0.329. The van der Waals surface area contributed by atoms with E-state index < -0.39 is 46.7 Å². The van der Waals surface area contributed by atoms with E-state index in [-0.39, 0.29) is 17.9 Å². The predicted octanol–water partition coefficient (Wildman–Crippen LogP) is 3.41. The Labute approximate surface area is 226 Å². The van der Waals surface area contributed by atoms with Gasteiger partial charge in [0.15, 0.2) is 6.61 Å². The summed E-state index contributed by atoms with van der Waals surface area (Å²) < 4.78 is 33.2. The number of aliphatic hydroxyl groups is 1. The molecule has 1 saturated heterocycles. The van der Waals surface area contributed by atoms with Crippen LogP contribution in [0.2, 0.25) is 0 Å². The van der Waals surface area contributed by atoms with Crippen LogP contribution in [0, 0.1) is 0 Å². The SMILES string of the molecule is O=C(COC(=O)[C@@H]1CC(O)CN1S(=O)(=O)c1ccc2ccccc2c1)NC(c1ccccc1)c1ccccc1. The van der Waals surface area contributed by atoms with Crippen molar-refractivity contribution in [2.24, 2.45) is 0 Å². The van der Waals surface area contributed by atoms with E-state index in [0.29, 0.717) is 0 Å². The molecule has 0 saturated carbocycles. The number of esters is 1. The van der Waals surface area contributed by atoms with Crippen molar-refractivity contribution in [2.45, 2.75) is 29.5 Å². The molecule has 1 aliphatic rings. The first-order valence-electron chi connectivity index (χ1n) is 12.6. The fraction of sp³-hybridized carbons (Fsp3) is 0.200. The molecule has 1 heterocycles. The number of sulfonamides is 1. The summed E-state index contributed by atoms with van der Waals surface area (Å²) in [4.78, 5) is 25.9. The zero-order chi connectivity index (χ0) is 27.4. The van der Waals surface area contributed by atoms with E-state index >= 15 is 0 Å². The molecule has 2 N–H and O–H groups in total. The van der Waals surface area contributed by atoms with Crippen molar-refractivity contribution in [1.82, 2.24) is 9.62 Å². The average molecular weight is 545 g/mol. The van der Waals surface area contributed by atoms with Crippen LogP contribution in [-0.4, -0.2) is 55.0 Å². The second-order valence-electron chi connectivity index (χ2n) is 9.42. The standard InChI is InChI=1S/C30H28N2O6S/c33-25-18-27(32(19-25)39(36,37)26-16-15-21-9-7-8-14-24(21)17-26)30(35)38-20-28(34)31-29(22-10-3-1-4-11-22)23-12-5-2-6-13-23/h1-17,25,27,29,33H,18-20H2,(H,31,34)/t25?,27-/m0/s1. The summed E-state index contributed by atoms with van der Waals surface area (Å²) in [5, 5.41) is 14.8. The van der Waals surface area contributed by atoms with E-state index in [1.165, 1.54) is 6.07 Å². The van der Waals surface area contributed by atoms with Crippen LogP contribution in [0.25, 0.3) is 10.8 Å². The molecule has 4 aromatic carbocycles. The van der Waals surface area contributed by atoms with Crippen molar-refractivity contribution >= 4 is 32.7 Å². The number of hydrogen-bond donors (Lipinski definition) is 2. The van der Waals surface area contributed by atoms with Crippen molar-refractivity contribution in [3.63, 3.8) is 0 Å². The summed E-state index contributed by atoms with van der Waals surface area (Å²) in [5.41, 5.74) is 1.71. The van der Waals surface area contributed by atoms with E-state index in [1.54, 1.807) is 18.2 Å². The normalized spacial score (nSPS) is 17.8. The molecular formula is C30H28N2O6S. The molecule has 0 spiro atoms. The second kappa shape index (κ2) is 11.4. The van der Waals surface area contributed by atoms with Crippen LogP contribution in [0.1, 0.15) is 23.6 Å². The number of fused-ring (bicyclic) bond motifs is 1. The molecule has 4 aromatic rings. The Balaban J connectivity index is 1.29. The number of hydrogen-bond acceptors (Lipinski definition) is 6. The third-order valence-electron chi connectivity index (χ3n) is 6.75. The van der Waals surface area contributed by atoms with Crippen LogP contribution >= 0.6 is 0 Å². The Hall–Kier alpha value is -4.05. The third kappa shape index (κ3) is 5.85. The molecule has 200 valence electrons. The van der Waals surface area contributed by atoms with E-state index in [9.17, 15) is 23.1 Å². The summed E-state index contributed by atoms with van der Waals surface area (Å²) in [6, 6.07) is 29.1. The molecule has 5 rings (SSSR count). The van der Waals surface area contributed by atoms with Crippen molar-refractivity contribution < 1.29 is 27.9 Å². The number of carbonyl (C=O) groups is 2. The lowest BCUT2D eigenvalue weighted by atomic mass is 9.99. The highest BCUT2D eigenvalue weighted by atomic mass is 32.2. The van der Waals surface area contributed by atoms with E-state index in [1.807, 2.05) is 78.9 Å². The molecule has 1 fully saturated rings. The first kappa shape index (κ1) is 26.6.